The Morgan fingerprint density at radius 2 is 1.84 bits per heavy atom. The van der Waals surface area contributed by atoms with E-state index in [1.807, 2.05) is 24.3 Å². The third kappa shape index (κ3) is 5.17. The summed E-state index contributed by atoms with van der Waals surface area (Å²) < 4.78 is 32.5. The number of hydrogen-bond donors (Lipinski definition) is 4. The van der Waals surface area contributed by atoms with Crippen LogP contribution in [0.25, 0.3) is 10.8 Å². The van der Waals surface area contributed by atoms with E-state index in [2.05, 4.69) is 26.2 Å². The molecule has 2 aromatic carbocycles. The molecule has 1 amide bonds. The zero-order chi connectivity index (χ0) is 23.6. The molecule has 4 rings (SSSR count). The van der Waals surface area contributed by atoms with E-state index in [-0.39, 0.29) is 23.2 Å². The number of fused-ring (bicyclic) bond motifs is 2. The molecule has 3 aromatic rings. The molecule has 0 bridgehead atoms. The molecule has 11 heteroatoms. The van der Waals surface area contributed by atoms with Gasteiger partial charge >= 0.3 is 12.1 Å². The number of carboxylic acids is 1. The number of aromatic nitrogens is 1. The van der Waals surface area contributed by atoms with Crippen molar-refractivity contribution in [3.05, 3.63) is 74.1 Å². The first-order chi connectivity index (χ1) is 15.0. The van der Waals surface area contributed by atoms with Crippen molar-refractivity contribution < 1.29 is 27.9 Å². The van der Waals surface area contributed by atoms with E-state index in [1.165, 1.54) is 5.56 Å². The van der Waals surface area contributed by atoms with Crippen LogP contribution in [0.3, 0.4) is 0 Å². The van der Waals surface area contributed by atoms with Gasteiger partial charge < -0.3 is 21.1 Å². The zero-order valence-electron chi connectivity index (χ0n) is 16.3. The lowest BCUT2D eigenvalue weighted by Gasteiger charge is -2.09. The van der Waals surface area contributed by atoms with E-state index in [0.717, 1.165) is 22.9 Å². The van der Waals surface area contributed by atoms with Crippen LogP contribution in [0.2, 0.25) is 0 Å². The van der Waals surface area contributed by atoms with Gasteiger partial charge in [-0.05, 0) is 54.3 Å². The lowest BCUT2D eigenvalue weighted by atomic mass is 10.1. The van der Waals surface area contributed by atoms with Gasteiger partial charge in [-0.25, -0.2) is 4.79 Å². The Kier molecular flexibility index (Phi) is 6.70. The predicted octanol–water partition coefficient (Wildman–Crippen LogP) is 4.12. The lowest BCUT2D eigenvalue weighted by molar-refractivity contribution is -0.192. The largest absolute Gasteiger partial charge is 0.490 e. The number of amides is 1. The van der Waals surface area contributed by atoms with E-state index < -0.39 is 12.1 Å². The smallest absolute Gasteiger partial charge is 0.475 e. The number of nitrogens with two attached hydrogens (primary N) is 1. The molecule has 0 radical (unpaired) electrons. The summed E-state index contributed by atoms with van der Waals surface area (Å²) in [7, 11) is 0. The van der Waals surface area contributed by atoms with Crippen molar-refractivity contribution in [2.24, 2.45) is 5.73 Å². The standard InChI is InChI=1S/C19H16BrN3O2.C2HF3O2/c20-15-3-1-2-13-14(15)9-17(23-18(13)24)19(25)22-11-5-6-12-10(8-11)4-7-16(12)21;3-2(4,5)1(6)7/h1-3,5-6,8-9,16H,4,7,21H2,(H,22,25)(H,23,24);(H,6,7)/t16-;/m0./s1. The summed E-state index contributed by atoms with van der Waals surface area (Å²) in [6.07, 6.45) is -3.24. The average Bonchev–Trinajstić information content (AvgIpc) is 3.08. The van der Waals surface area contributed by atoms with Crippen LogP contribution in [0, 0.1) is 0 Å². The Bertz CT molecular complexity index is 1260. The second-order valence-electron chi connectivity index (χ2n) is 7.03. The fourth-order valence-electron chi connectivity index (χ4n) is 3.30. The number of aryl methyl sites for hydroxylation is 1. The molecule has 1 aliphatic carbocycles. The van der Waals surface area contributed by atoms with Crippen molar-refractivity contribution in [2.75, 3.05) is 5.32 Å². The van der Waals surface area contributed by atoms with Crippen molar-refractivity contribution >= 4 is 44.3 Å². The van der Waals surface area contributed by atoms with Gasteiger partial charge in [0.25, 0.3) is 11.5 Å². The molecular formula is C21H17BrF3N3O4. The first kappa shape index (κ1) is 23.5. The van der Waals surface area contributed by atoms with Crippen molar-refractivity contribution in [1.29, 1.82) is 0 Å². The second-order valence-corrected chi connectivity index (χ2v) is 7.88. The van der Waals surface area contributed by atoms with Gasteiger partial charge in [0.05, 0.1) is 0 Å². The third-order valence-corrected chi connectivity index (χ3v) is 5.54. The number of aromatic amines is 1. The van der Waals surface area contributed by atoms with Gasteiger partial charge in [-0.3, -0.25) is 9.59 Å². The predicted molar refractivity (Wildman–Crippen MR) is 116 cm³/mol. The van der Waals surface area contributed by atoms with E-state index in [0.29, 0.717) is 16.5 Å². The summed E-state index contributed by atoms with van der Waals surface area (Å²) in [5.41, 5.74) is 8.98. The van der Waals surface area contributed by atoms with Crippen LogP contribution in [-0.4, -0.2) is 28.1 Å². The Morgan fingerprint density at radius 3 is 2.50 bits per heavy atom. The highest BCUT2D eigenvalue weighted by molar-refractivity contribution is 9.10. The van der Waals surface area contributed by atoms with E-state index in [9.17, 15) is 22.8 Å². The van der Waals surface area contributed by atoms with Gasteiger partial charge in [-0.15, -0.1) is 0 Å². The highest BCUT2D eigenvalue weighted by Crippen LogP contribution is 2.31. The number of H-pyrrole nitrogens is 1. The number of hydrogen-bond acceptors (Lipinski definition) is 4. The van der Waals surface area contributed by atoms with Crippen molar-refractivity contribution in [1.82, 2.24) is 4.98 Å². The van der Waals surface area contributed by atoms with Gasteiger partial charge in [-0.1, -0.05) is 28.1 Å². The number of rotatable bonds is 2. The summed E-state index contributed by atoms with van der Waals surface area (Å²) in [6, 6.07) is 12.9. The van der Waals surface area contributed by atoms with Gasteiger partial charge in [0.15, 0.2) is 0 Å². The molecule has 0 aliphatic heterocycles. The number of benzene rings is 2. The molecule has 0 saturated carbocycles. The highest BCUT2D eigenvalue weighted by Gasteiger charge is 2.38. The Hall–Kier alpha value is -3.18. The highest BCUT2D eigenvalue weighted by atomic mass is 79.9. The number of anilines is 1. The van der Waals surface area contributed by atoms with Gasteiger partial charge in [-0.2, -0.15) is 13.2 Å². The van der Waals surface area contributed by atoms with Crippen molar-refractivity contribution in [3.8, 4) is 0 Å². The Balaban J connectivity index is 0.000000360. The molecule has 32 heavy (non-hydrogen) atoms. The first-order valence-corrected chi connectivity index (χ1v) is 10.1. The molecule has 1 atom stereocenters. The van der Waals surface area contributed by atoms with E-state index >= 15 is 0 Å². The molecule has 0 fully saturated rings. The number of carbonyl (C=O) groups is 2. The summed E-state index contributed by atoms with van der Waals surface area (Å²) in [6.45, 7) is 0. The molecule has 7 nitrogen and oxygen atoms in total. The summed E-state index contributed by atoms with van der Waals surface area (Å²) in [4.78, 5) is 36.3. The number of aliphatic carboxylic acids is 1. The SMILES string of the molecule is N[C@H]1CCc2cc(NC(=O)c3cc4c(Br)cccc4c(=O)[nH]3)ccc21.O=C(O)C(F)(F)F. The van der Waals surface area contributed by atoms with Crippen LogP contribution >= 0.6 is 15.9 Å². The molecule has 1 heterocycles. The molecule has 168 valence electrons. The van der Waals surface area contributed by atoms with Crippen molar-refractivity contribution in [3.63, 3.8) is 0 Å². The van der Waals surface area contributed by atoms with Crippen LogP contribution in [-0.2, 0) is 11.2 Å². The minimum atomic E-state index is -5.08. The van der Waals surface area contributed by atoms with Gasteiger partial charge in [0.1, 0.15) is 5.69 Å². The lowest BCUT2D eigenvalue weighted by Crippen LogP contribution is -2.21. The average molecular weight is 512 g/mol. The maximum atomic E-state index is 12.6. The normalized spacial score (nSPS) is 15.0. The van der Waals surface area contributed by atoms with E-state index in [1.54, 1.807) is 18.2 Å². The number of halogens is 4. The van der Waals surface area contributed by atoms with Crippen LogP contribution < -0.4 is 16.6 Å². The molecule has 0 unspecified atom stereocenters. The van der Waals surface area contributed by atoms with Crippen LogP contribution in [0.4, 0.5) is 18.9 Å². The maximum Gasteiger partial charge on any atom is 0.490 e. The number of carboxylic acid groups (broad SMARTS) is 1. The molecule has 1 aliphatic rings. The number of alkyl halides is 3. The summed E-state index contributed by atoms with van der Waals surface area (Å²) in [5.74, 6) is -3.11. The van der Waals surface area contributed by atoms with E-state index in [4.69, 9.17) is 15.6 Å². The topological polar surface area (TPSA) is 125 Å². The van der Waals surface area contributed by atoms with Gasteiger partial charge in [0.2, 0.25) is 0 Å². The van der Waals surface area contributed by atoms with Gasteiger partial charge in [0, 0.05) is 27.0 Å². The minimum absolute atomic E-state index is 0.0777. The fourth-order valence-corrected chi connectivity index (χ4v) is 3.78. The second kappa shape index (κ2) is 9.13. The number of nitrogens with one attached hydrogen (secondary N) is 2. The van der Waals surface area contributed by atoms with Crippen LogP contribution in [0.15, 0.2) is 51.7 Å². The minimum Gasteiger partial charge on any atom is -0.475 e. The molecule has 5 N–H and O–H groups in total. The Labute approximate surface area is 187 Å². The zero-order valence-corrected chi connectivity index (χ0v) is 17.9. The van der Waals surface area contributed by atoms with Crippen molar-refractivity contribution in [2.45, 2.75) is 25.1 Å². The Morgan fingerprint density at radius 1 is 1.16 bits per heavy atom. The molecular weight excluding hydrogens is 495 g/mol. The van der Waals surface area contributed by atoms with Crippen LogP contribution in [0.1, 0.15) is 34.1 Å². The third-order valence-electron chi connectivity index (χ3n) is 4.85. The number of pyridine rings is 1. The first-order valence-electron chi connectivity index (χ1n) is 9.29. The molecule has 0 saturated heterocycles. The monoisotopic (exact) mass is 511 g/mol. The van der Waals surface area contributed by atoms with Crippen LogP contribution in [0.5, 0.6) is 0 Å². The molecule has 1 aromatic heterocycles. The molecule has 0 spiro atoms. The maximum absolute atomic E-state index is 12.6. The summed E-state index contributed by atoms with van der Waals surface area (Å²) >= 11 is 3.42. The fraction of sp³-hybridized carbons (Fsp3) is 0.190. The quantitative estimate of drug-likeness (QED) is 0.411. The summed E-state index contributed by atoms with van der Waals surface area (Å²) in [5, 5.41) is 11.2. The number of carbonyl (C=O) groups excluding carboxylic acids is 1.